The van der Waals surface area contributed by atoms with Crippen LogP contribution in [0.4, 0.5) is 17.2 Å². The third kappa shape index (κ3) is 4.00. The smallest absolute Gasteiger partial charge is 0.138 e. The van der Waals surface area contributed by atoms with E-state index in [0.717, 1.165) is 50.6 Å². The highest BCUT2D eigenvalue weighted by Crippen LogP contribution is 2.36. The number of hydrogen-bond acceptors (Lipinski definition) is 7. The monoisotopic (exact) mass is 477 g/mol. The fourth-order valence-electron chi connectivity index (χ4n) is 4.41. The lowest BCUT2D eigenvalue weighted by Crippen LogP contribution is -2.03. The Balaban J connectivity index is 1.43. The Morgan fingerprint density at radius 2 is 1.80 bits per heavy atom. The second kappa shape index (κ2) is 8.85. The van der Waals surface area contributed by atoms with Crippen LogP contribution in [0.15, 0.2) is 72.5 Å². The maximum Gasteiger partial charge on any atom is 0.138 e. The molecule has 7 nitrogen and oxygen atoms in total. The van der Waals surface area contributed by atoms with Crippen molar-refractivity contribution in [2.24, 2.45) is 4.99 Å². The summed E-state index contributed by atoms with van der Waals surface area (Å²) in [7, 11) is 0. The van der Waals surface area contributed by atoms with Crippen LogP contribution in [-0.4, -0.2) is 31.1 Å². The first kappa shape index (κ1) is 21.3. The van der Waals surface area contributed by atoms with E-state index in [1.165, 1.54) is 11.1 Å². The molecular weight excluding hydrogens is 458 g/mol. The summed E-state index contributed by atoms with van der Waals surface area (Å²) in [5, 5.41) is 6.27. The Kier molecular flexibility index (Phi) is 5.39. The van der Waals surface area contributed by atoms with Crippen LogP contribution >= 0.6 is 11.6 Å². The van der Waals surface area contributed by atoms with E-state index < -0.39 is 0 Å². The number of nitrogens with zero attached hydrogens (tertiary/aromatic N) is 6. The van der Waals surface area contributed by atoms with Gasteiger partial charge in [0.2, 0.25) is 0 Å². The Labute approximate surface area is 207 Å². The molecule has 0 aliphatic carbocycles. The highest BCUT2D eigenvalue weighted by atomic mass is 35.5. The molecule has 4 heterocycles. The molecular formula is C27H20ClN7. The molecule has 1 N–H and O–H groups in total. The molecule has 0 radical (unpaired) electrons. The summed E-state index contributed by atoms with van der Waals surface area (Å²) in [6.07, 6.45) is 10.0. The Bertz CT molecular complexity index is 1600. The molecule has 3 aromatic heterocycles. The van der Waals surface area contributed by atoms with Gasteiger partial charge in [0.15, 0.2) is 0 Å². The first-order valence-electron chi connectivity index (χ1n) is 11.2. The third-order valence-corrected chi connectivity index (χ3v) is 6.45. The summed E-state index contributed by atoms with van der Waals surface area (Å²) in [5.41, 5.74) is 7.54. The van der Waals surface area contributed by atoms with Gasteiger partial charge >= 0.3 is 0 Å². The van der Waals surface area contributed by atoms with Crippen LogP contribution in [0.1, 0.15) is 22.5 Å². The number of aromatic nitrogens is 5. The molecule has 1 aliphatic heterocycles. The lowest BCUT2D eigenvalue weighted by atomic mass is 9.94. The van der Waals surface area contributed by atoms with E-state index in [-0.39, 0.29) is 0 Å². The van der Waals surface area contributed by atoms with Crippen molar-refractivity contribution in [1.29, 1.82) is 0 Å². The minimum absolute atomic E-state index is 0.619. The Morgan fingerprint density at radius 3 is 2.69 bits per heavy atom. The van der Waals surface area contributed by atoms with Crippen molar-refractivity contribution in [2.75, 3.05) is 5.32 Å². The van der Waals surface area contributed by atoms with Crippen LogP contribution in [0.2, 0.25) is 5.02 Å². The quantitative estimate of drug-likeness (QED) is 0.332. The highest BCUT2D eigenvalue weighted by molar-refractivity contribution is 6.30. The van der Waals surface area contributed by atoms with Gasteiger partial charge in [-0.2, -0.15) is 0 Å². The van der Waals surface area contributed by atoms with Gasteiger partial charge < -0.3 is 5.32 Å². The molecule has 2 aromatic carbocycles. The van der Waals surface area contributed by atoms with Crippen LogP contribution in [0.25, 0.3) is 22.0 Å². The molecule has 8 heteroatoms. The van der Waals surface area contributed by atoms with Gasteiger partial charge in [-0.1, -0.05) is 23.7 Å². The summed E-state index contributed by atoms with van der Waals surface area (Å²) in [6, 6.07) is 13.9. The van der Waals surface area contributed by atoms with Gasteiger partial charge in [-0.05, 0) is 53.8 Å². The number of anilines is 2. The lowest BCUT2D eigenvalue weighted by Gasteiger charge is -2.15. The predicted molar refractivity (Wildman–Crippen MR) is 139 cm³/mol. The number of aryl methyl sites for hydroxylation is 1. The first-order chi connectivity index (χ1) is 17.2. The Morgan fingerprint density at radius 1 is 0.914 bits per heavy atom. The average Bonchev–Trinajstić information content (AvgIpc) is 3.37. The van der Waals surface area contributed by atoms with Crippen LogP contribution in [0.3, 0.4) is 0 Å². The van der Waals surface area contributed by atoms with E-state index in [1.54, 1.807) is 12.7 Å². The number of pyridine rings is 1. The fraction of sp³-hybridized carbons (Fsp3) is 0.111. The second-order valence-electron chi connectivity index (χ2n) is 8.34. The number of halogens is 1. The minimum atomic E-state index is 0.619. The summed E-state index contributed by atoms with van der Waals surface area (Å²) in [4.78, 5) is 27.0. The van der Waals surface area contributed by atoms with Gasteiger partial charge in [-0.15, -0.1) is 0 Å². The standard InChI is InChI=1S/C27H20ClN7/c1-16-2-7-20-19(8-10-31-27(20)35-18-5-3-17(28)4-6-18)21(16)12-24-22(13-29-14-32-24)25-26-23(9-11-30-26)33-15-34-25/h2-8,10-11,13-15H,9,12H2,1H3,(H,31,35). The molecule has 35 heavy (non-hydrogen) atoms. The van der Waals surface area contributed by atoms with Crippen LogP contribution in [0.5, 0.6) is 0 Å². The van der Waals surface area contributed by atoms with E-state index in [2.05, 4.69) is 60.4 Å². The Hall–Kier alpha value is -4.23. The largest absolute Gasteiger partial charge is 0.340 e. The molecule has 0 bridgehead atoms. The average molecular weight is 478 g/mol. The summed E-state index contributed by atoms with van der Waals surface area (Å²) < 4.78 is 0. The second-order valence-corrected chi connectivity index (χ2v) is 8.78. The maximum atomic E-state index is 6.04. The number of rotatable bonds is 5. The molecule has 1 aliphatic rings. The lowest BCUT2D eigenvalue weighted by molar-refractivity contribution is 1.02. The van der Waals surface area contributed by atoms with E-state index in [9.17, 15) is 0 Å². The highest BCUT2D eigenvalue weighted by Gasteiger charge is 2.20. The fourth-order valence-corrected chi connectivity index (χ4v) is 4.54. The maximum absolute atomic E-state index is 6.04. The zero-order valence-corrected chi connectivity index (χ0v) is 19.7. The van der Waals surface area contributed by atoms with E-state index in [4.69, 9.17) is 11.6 Å². The zero-order valence-electron chi connectivity index (χ0n) is 18.9. The number of fused-ring (bicyclic) bond motifs is 2. The van der Waals surface area contributed by atoms with Crippen LogP contribution in [-0.2, 0) is 12.8 Å². The van der Waals surface area contributed by atoms with Crippen LogP contribution in [0, 0.1) is 6.92 Å². The van der Waals surface area contributed by atoms with E-state index >= 15 is 0 Å². The molecule has 0 atom stereocenters. The molecule has 0 saturated heterocycles. The van der Waals surface area contributed by atoms with Gasteiger partial charge in [-0.25, -0.2) is 24.9 Å². The van der Waals surface area contributed by atoms with Crippen molar-refractivity contribution in [3.63, 3.8) is 0 Å². The van der Waals surface area contributed by atoms with Gasteiger partial charge in [-0.3, -0.25) is 4.99 Å². The van der Waals surface area contributed by atoms with Gasteiger partial charge in [0.25, 0.3) is 0 Å². The van der Waals surface area contributed by atoms with Crippen molar-refractivity contribution in [2.45, 2.75) is 19.8 Å². The van der Waals surface area contributed by atoms with Gasteiger partial charge in [0.05, 0.1) is 11.4 Å². The predicted octanol–water partition coefficient (Wildman–Crippen LogP) is 6.04. The molecule has 6 rings (SSSR count). The van der Waals surface area contributed by atoms with Crippen molar-refractivity contribution < 1.29 is 0 Å². The molecule has 0 spiro atoms. The topological polar surface area (TPSA) is 88.8 Å². The van der Waals surface area contributed by atoms with Crippen molar-refractivity contribution in [3.05, 3.63) is 95.1 Å². The molecule has 0 fully saturated rings. The third-order valence-electron chi connectivity index (χ3n) is 6.20. The normalized spacial score (nSPS) is 12.2. The van der Waals surface area contributed by atoms with Crippen molar-refractivity contribution >= 4 is 45.8 Å². The number of aliphatic imine (C=N–C) groups is 1. The number of nitrogens with one attached hydrogen (secondary N) is 1. The minimum Gasteiger partial charge on any atom is -0.340 e. The summed E-state index contributed by atoms with van der Waals surface area (Å²) in [6.45, 7) is 2.12. The molecule has 170 valence electrons. The summed E-state index contributed by atoms with van der Waals surface area (Å²) in [5.74, 6) is 0.789. The van der Waals surface area contributed by atoms with Crippen molar-refractivity contribution in [3.8, 4) is 11.3 Å². The molecule has 0 unspecified atom stereocenters. The SMILES string of the molecule is Cc1ccc2c(Nc3ccc(Cl)cc3)nccc2c1Cc1ncncc1-c1ncnc2c1N=CC2. The zero-order chi connectivity index (χ0) is 23.8. The van der Waals surface area contributed by atoms with E-state index in [0.29, 0.717) is 17.9 Å². The molecule has 0 amide bonds. The molecule has 0 saturated carbocycles. The number of hydrogen-bond donors (Lipinski definition) is 1. The van der Waals surface area contributed by atoms with E-state index in [1.807, 2.05) is 42.9 Å². The van der Waals surface area contributed by atoms with Gasteiger partial charge in [0, 0.05) is 53.1 Å². The molecule has 5 aromatic rings. The van der Waals surface area contributed by atoms with Gasteiger partial charge in [0.1, 0.15) is 29.9 Å². The van der Waals surface area contributed by atoms with Crippen molar-refractivity contribution in [1.82, 2.24) is 24.9 Å². The summed E-state index contributed by atoms with van der Waals surface area (Å²) >= 11 is 6.04. The number of benzene rings is 2. The first-order valence-corrected chi connectivity index (χ1v) is 11.6. The van der Waals surface area contributed by atoms with Crippen LogP contribution < -0.4 is 5.32 Å².